The molecule has 0 aliphatic carbocycles. The van der Waals surface area contributed by atoms with Gasteiger partial charge in [0.1, 0.15) is 5.82 Å². The van der Waals surface area contributed by atoms with Crippen LogP contribution in [-0.4, -0.2) is 37.2 Å². The van der Waals surface area contributed by atoms with Gasteiger partial charge < -0.3 is 4.90 Å². The summed E-state index contributed by atoms with van der Waals surface area (Å²) < 4.78 is 37.7. The number of rotatable bonds is 3. The SMILES string of the molecule is Cc1ccc(C)c(N2C(SCc3ccc(F)cc3Cl)=N[C@@H]3CS(=O)(=O)C[C@@H]32)c1. The Hall–Kier alpha value is -1.57. The van der Waals surface area contributed by atoms with Crippen LogP contribution in [0.1, 0.15) is 16.7 Å². The number of anilines is 1. The molecule has 0 spiro atoms. The molecule has 2 aromatic carbocycles. The van der Waals surface area contributed by atoms with E-state index in [9.17, 15) is 12.8 Å². The predicted molar refractivity (Wildman–Crippen MR) is 115 cm³/mol. The lowest BCUT2D eigenvalue weighted by Gasteiger charge is -2.28. The van der Waals surface area contributed by atoms with E-state index in [1.807, 2.05) is 26.0 Å². The van der Waals surface area contributed by atoms with Crippen molar-refractivity contribution in [1.29, 1.82) is 0 Å². The maximum Gasteiger partial charge on any atom is 0.164 e. The summed E-state index contributed by atoms with van der Waals surface area (Å²) in [5.74, 6) is 0.357. The number of hydrogen-bond donors (Lipinski definition) is 0. The van der Waals surface area contributed by atoms with Gasteiger partial charge in [-0.3, -0.25) is 4.99 Å². The second-order valence-electron chi connectivity index (χ2n) is 7.31. The zero-order valence-corrected chi connectivity index (χ0v) is 17.9. The van der Waals surface area contributed by atoms with E-state index in [1.54, 1.807) is 6.07 Å². The van der Waals surface area contributed by atoms with Gasteiger partial charge in [-0.2, -0.15) is 0 Å². The zero-order valence-electron chi connectivity index (χ0n) is 15.5. The first-order valence-corrected chi connectivity index (χ1v) is 12.1. The molecule has 0 bridgehead atoms. The fraction of sp³-hybridized carbons (Fsp3) is 0.350. The van der Waals surface area contributed by atoms with Gasteiger partial charge in [-0.1, -0.05) is 41.6 Å². The summed E-state index contributed by atoms with van der Waals surface area (Å²) in [6.07, 6.45) is 0. The molecule has 8 heteroatoms. The predicted octanol–water partition coefficient (Wildman–Crippen LogP) is 4.37. The van der Waals surface area contributed by atoms with Gasteiger partial charge in [-0.05, 0) is 48.7 Å². The largest absolute Gasteiger partial charge is 0.315 e. The fourth-order valence-corrected chi connectivity index (χ4v) is 6.95. The number of sulfone groups is 1. The maximum atomic E-state index is 13.3. The van der Waals surface area contributed by atoms with Gasteiger partial charge in [-0.15, -0.1) is 0 Å². The number of hydrogen-bond acceptors (Lipinski definition) is 5. The van der Waals surface area contributed by atoms with Crippen molar-refractivity contribution in [2.24, 2.45) is 4.99 Å². The molecule has 0 N–H and O–H groups in total. The van der Waals surface area contributed by atoms with E-state index < -0.39 is 9.84 Å². The van der Waals surface area contributed by atoms with Crippen LogP contribution in [0.15, 0.2) is 41.4 Å². The van der Waals surface area contributed by atoms with Crippen molar-refractivity contribution in [3.8, 4) is 0 Å². The summed E-state index contributed by atoms with van der Waals surface area (Å²) in [6.45, 7) is 4.04. The van der Waals surface area contributed by atoms with Crippen molar-refractivity contribution >= 4 is 44.1 Å². The molecule has 1 saturated heterocycles. The second-order valence-corrected chi connectivity index (χ2v) is 10.8. The van der Waals surface area contributed by atoms with Crippen LogP contribution in [0.3, 0.4) is 0 Å². The van der Waals surface area contributed by atoms with Gasteiger partial charge in [0.15, 0.2) is 15.0 Å². The monoisotopic (exact) mass is 438 g/mol. The van der Waals surface area contributed by atoms with E-state index in [0.29, 0.717) is 10.8 Å². The van der Waals surface area contributed by atoms with Gasteiger partial charge in [0.05, 0.1) is 23.6 Å². The van der Waals surface area contributed by atoms with E-state index in [4.69, 9.17) is 16.6 Å². The lowest BCUT2D eigenvalue weighted by Crippen LogP contribution is -2.39. The number of benzene rings is 2. The molecule has 2 aromatic rings. The Morgan fingerprint density at radius 2 is 2.00 bits per heavy atom. The Labute approximate surface area is 173 Å². The molecule has 148 valence electrons. The third-order valence-corrected chi connectivity index (χ3v) is 8.17. The number of nitrogens with zero attached hydrogens (tertiary/aromatic N) is 2. The summed E-state index contributed by atoms with van der Waals surface area (Å²) >= 11 is 7.67. The Morgan fingerprint density at radius 3 is 2.75 bits per heavy atom. The van der Waals surface area contributed by atoms with Crippen LogP contribution in [-0.2, 0) is 15.6 Å². The molecule has 0 unspecified atom stereocenters. The minimum absolute atomic E-state index is 0.0837. The van der Waals surface area contributed by atoms with Gasteiger partial charge in [0.25, 0.3) is 0 Å². The molecular formula is C20H20ClFN2O2S2. The number of fused-ring (bicyclic) bond motifs is 1. The van der Waals surface area contributed by atoms with Crippen LogP contribution < -0.4 is 4.90 Å². The molecule has 2 aliphatic heterocycles. The highest BCUT2D eigenvalue weighted by molar-refractivity contribution is 8.13. The standard InChI is InChI=1S/C20H20ClFN2O2S2/c1-12-3-4-13(2)18(7-12)24-19-11-28(25,26)10-17(19)23-20(24)27-9-14-5-6-15(22)8-16(14)21/h3-8,17,19H,9-11H2,1-2H3/t17-,19+/m1/s1. The normalized spacial score (nSPS) is 23.0. The fourth-order valence-electron chi connectivity index (χ4n) is 3.67. The third kappa shape index (κ3) is 3.80. The van der Waals surface area contributed by atoms with E-state index in [0.717, 1.165) is 27.5 Å². The Morgan fingerprint density at radius 1 is 1.21 bits per heavy atom. The highest BCUT2D eigenvalue weighted by atomic mass is 35.5. The Kier molecular flexibility index (Phi) is 5.18. The maximum absolute atomic E-state index is 13.3. The number of halogens is 2. The van der Waals surface area contributed by atoms with Crippen molar-refractivity contribution in [2.45, 2.75) is 31.7 Å². The zero-order chi connectivity index (χ0) is 20.1. The average Bonchev–Trinajstić information content (AvgIpc) is 3.07. The average molecular weight is 439 g/mol. The summed E-state index contributed by atoms with van der Waals surface area (Å²) in [5, 5.41) is 1.17. The number of thioether (sulfide) groups is 1. The highest BCUT2D eigenvalue weighted by Crippen LogP contribution is 2.38. The van der Waals surface area contributed by atoms with Gasteiger partial charge >= 0.3 is 0 Å². The molecule has 4 nitrogen and oxygen atoms in total. The number of aliphatic imine (C=N–C) groups is 1. The molecule has 2 atom stereocenters. The van der Waals surface area contributed by atoms with E-state index in [1.165, 1.54) is 23.9 Å². The first-order chi connectivity index (χ1) is 13.2. The summed E-state index contributed by atoms with van der Waals surface area (Å²) in [4.78, 5) is 6.81. The van der Waals surface area contributed by atoms with Crippen molar-refractivity contribution < 1.29 is 12.8 Å². The quantitative estimate of drug-likeness (QED) is 0.713. The first-order valence-electron chi connectivity index (χ1n) is 8.95. The molecule has 1 fully saturated rings. The van der Waals surface area contributed by atoms with Crippen molar-refractivity contribution in [3.05, 3.63) is 63.9 Å². The molecule has 0 amide bonds. The first kappa shape index (κ1) is 19.7. The van der Waals surface area contributed by atoms with E-state index in [-0.39, 0.29) is 29.4 Å². The smallest absolute Gasteiger partial charge is 0.164 e. The lowest BCUT2D eigenvalue weighted by molar-refractivity contribution is 0.601. The van der Waals surface area contributed by atoms with Crippen molar-refractivity contribution in [2.75, 3.05) is 16.4 Å². The molecule has 2 aliphatic rings. The molecule has 0 saturated carbocycles. The van der Waals surface area contributed by atoms with Crippen LogP contribution in [0.4, 0.5) is 10.1 Å². The third-order valence-electron chi connectivity index (χ3n) is 5.10. The lowest BCUT2D eigenvalue weighted by atomic mass is 10.1. The minimum atomic E-state index is -3.09. The van der Waals surface area contributed by atoms with Crippen LogP contribution in [0.5, 0.6) is 0 Å². The Bertz CT molecular complexity index is 1070. The Balaban J connectivity index is 1.66. The van der Waals surface area contributed by atoms with Crippen molar-refractivity contribution in [1.82, 2.24) is 0 Å². The number of amidine groups is 1. The molecule has 28 heavy (non-hydrogen) atoms. The summed E-state index contributed by atoms with van der Waals surface area (Å²) in [7, 11) is -3.09. The van der Waals surface area contributed by atoms with Crippen LogP contribution in [0, 0.1) is 19.7 Å². The molecule has 4 rings (SSSR count). The van der Waals surface area contributed by atoms with E-state index in [2.05, 4.69) is 11.0 Å². The minimum Gasteiger partial charge on any atom is -0.315 e. The second kappa shape index (κ2) is 7.35. The topological polar surface area (TPSA) is 49.7 Å². The van der Waals surface area contributed by atoms with Gasteiger partial charge in [-0.25, -0.2) is 12.8 Å². The summed E-state index contributed by atoms with van der Waals surface area (Å²) in [5.41, 5.74) is 3.99. The molecule has 2 heterocycles. The molecular weight excluding hydrogens is 419 g/mol. The van der Waals surface area contributed by atoms with Crippen LogP contribution >= 0.6 is 23.4 Å². The van der Waals surface area contributed by atoms with Crippen molar-refractivity contribution in [3.63, 3.8) is 0 Å². The summed E-state index contributed by atoms with van der Waals surface area (Å²) in [6, 6.07) is 10.1. The highest BCUT2D eigenvalue weighted by Gasteiger charge is 2.47. The van der Waals surface area contributed by atoms with Crippen LogP contribution in [0.2, 0.25) is 5.02 Å². The molecule has 0 aromatic heterocycles. The molecule has 0 radical (unpaired) electrons. The van der Waals surface area contributed by atoms with Crippen LogP contribution in [0.25, 0.3) is 0 Å². The van der Waals surface area contributed by atoms with Gasteiger partial charge in [0.2, 0.25) is 0 Å². The van der Waals surface area contributed by atoms with Gasteiger partial charge in [0, 0.05) is 16.5 Å². The van der Waals surface area contributed by atoms with E-state index >= 15 is 0 Å². The number of aryl methyl sites for hydroxylation is 2.